The van der Waals surface area contributed by atoms with Crippen molar-refractivity contribution in [2.45, 2.75) is 18.9 Å². The van der Waals surface area contributed by atoms with E-state index in [0.29, 0.717) is 12.4 Å². The van der Waals surface area contributed by atoms with Gasteiger partial charge in [-0.05, 0) is 43.3 Å². The molecule has 0 saturated carbocycles. The third-order valence-corrected chi connectivity index (χ3v) is 3.83. The Morgan fingerprint density at radius 3 is 2.33 bits per heavy atom. The van der Waals surface area contributed by atoms with Gasteiger partial charge in [-0.1, -0.05) is 18.2 Å². The number of rotatable bonds is 5. The van der Waals surface area contributed by atoms with Crippen LogP contribution in [-0.4, -0.2) is 29.6 Å². The zero-order valence-electron chi connectivity index (χ0n) is 14.1. The van der Waals surface area contributed by atoms with Crippen molar-refractivity contribution in [3.8, 4) is 17.2 Å². The Hall–Kier alpha value is -3.16. The summed E-state index contributed by atoms with van der Waals surface area (Å²) in [7, 11) is 0. The SMILES string of the molecule is CCOc1ccc(OC2(C(F)(F)F)Oc3ccccc3C=C2C(=O)O)cc1. The maximum atomic E-state index is 14.0. The summed E-state index contributed by atoms with van der Waals surface area (Å²) >= 11 is 0. The number of ether oxygens (including phenoxy) is 3. The molecule has 0 amide bonds. The van der Waals surface area contributed by atoms with E-state index in [0.717, 1.165) is 6.08 Å². The molecule has 1 atom stereocenters. The van der Waals surface area contributed by atoms with Crippen LogP contribution >= 0.6 is 0 Å². The first-order valence-electron chi connectivity index (χ1n) is 7.99. The summed E-state index contributed by atoms with van der Waals surface area (Å²) in [5, 5.41) is 9.41. The Kier molecular flexibility index (Phi) is 4.73. The molecular weight excluding hydrogens is 365 g/mol. The summed E-state index contributed by atoms with van der Waals surface area (Å²) in [4.78, 5) is 11.6. The Balaban J connectivity index is 2.08. The molecule has 0 saturated heterocycles. The first kappa shape index (κ1) is 18.6. The van der Waals surface area contributed by atoms with Gasteiger partial charge in [0.1, 0.15) is 22.8 Å². The zero-order valence-corrected chi connectivity index (χ0v) is 14.1. The van der Waals surface area contributed by atoms with Gasteiger partial charge < -0.3 is 19.3 Å². The van der Waals surface area contributed by atoms with Crippen molar-refractivity contribution in [3.63, 3.8) is 0 Å². The van der Waals surface area contributed by atoms with Crippen molar-refractivity contribution in [3.05, 3.63) is 59.7 Å². The fourth-order valence-electron chi connectivity index (χ4n) is 2.64. The Morgan fingerprint density at radius 1 is 1.11 bits per heavy atom. The van der Waals surface area contributed by atoms with Crippen LogP contribution in [0.1, 0.15) is 12.5 Å². The molecule has 2 aromatic rings. The molecule has 142 valence electrons. The van der Waals surface area contributed by atoms with Crippen molar-refractivity contribution in [2.24, 2.45) is 0 Å². The topological polar surface area (TPSA) is 65.0 Å². The molecule has 1 unspecified atom stereocenters. The summed E-state index contributed by atoms with van der Waals surface area (Å²) in [5.41, 5.74) is -0.854. The molecule has 0 fully saturated rings. The highest BCUT2D eigenvalue weighted by atomic mass is 19.4. The third-order valence-electron chi connectivity index (χ3n) is 3.83. The summed E-state index contributed by atoms with van der Waals surface area (Å²) in [6, 6.07) is 11.2. The molecule has 0 spiro atoms. The lowest BCUT2D eigenvalue weighted by atomic mass is 9.97. The van der Waals surface area contributed by atoms with E-state index in [1.807, 2.05) is 0 Å². The largest absolute Gasteiger partial charge is 0.494 e. The third kappa shape index (κ3) is 3.42. The average molecular weight is 380 g/mol. The second-order valence-electron chi connectivity index (χ2n) is 5.62. The molecule has 1 aliphatic rings. The number of hydrogen-bond donors (Lipinski definition) is 1. The monoisotopic (exact) mass is 380 g/mol. The molecule has 0 radical (unpaired) electrons. The lowest BCUT2D eigenvalue weighted by Gasteiger charge is -2.38. The maximum Gasteiger partial charge on any atom is 0.473 e. The average Bonchev–Trinajstić information content (AvgIpc) is 2.62. The van der Waals surface area contributed by atoms with Gasteiger partial charge in [-0.25, -0.2) is 4.79 Å². The molecule has 1 aliphatic heterocycles. The molecule has 5 nitrogen and oxygen atoms in total. The van der Waals surface area contributed by atoms with E-state index in [1.165, 1.54) is 42.5 Å². The first-order valence-corrected chi connectivity index (χ1v) is 7.99. The fourth-order valence-corrected chi connectivity index (χ4v) is 2.64. The van der Waals surface area contributed by atoms with Crippen LogP contribution in [0.3, 0.4) is 0 Å². The second kappa shape index (κ2) is 6.86. The number of hydrogen-bond acceptors (Lipinski definition) is 4. The van der Waals surface area contributed by atoms with Gasteiger partial charge in [-0.15, -0.1) is 0 Å². The Bertz CT molecular complexity index is 874. The van der Waals surface area contributed by atoms with Gasteiger partial charge in [0.05, 0.1) is 6.61 Å². The van der Waals surface area contributed by atoms with E-state index < -0.39 is 23.5 Å². The highest BCUT2D eigenvalue weighted by Gasteiger charge is 2.66. The molecular formula is C19H15F3O5. The van der Waals surface area contributed by atoms with Crippen LogP contribution < -0.4 is 14.2 Å². The second-order valence-corrected chi connectivity index (χ2v) is 5.62. The number of carboxylic acids is 1. The van der Waals surface area contributed by atoms with Gasteiger partial charge in [-0.3, -0.25) is 0 Å². The lowest BCUT2D eigenvalue weighted by Crippen LogP contribution is -2.59. The standard InChI is InChI=1S/C19H15F3O5/c1-2-25-13-7-9-14(10-8-13)26-18(19(20,21)22)15(17(23)24)11-12-5-3-4-6-16(12)27-18/h3-11H,2H2,1H3,(H,23,24). The summed E-state index contributed by atoms with van der Waals surface area (Å²) in [6.45, 7) is 2.15. The van der Waals surface area contributed by atoms with Crippen molar-refractivity contribution in [2.75, 3.05) is 6.61 Å². The number of carbonyl (C=O) groups is 1. The van der Waals surface area contributed by atoms with Gasteiger partial charge in [0.15, 0.2) is 0 Å². The van der Waals surface area contributed by atoms with E-state index in [2.05, 4.69) is 0 Å². The van der Waals surface area contributed by atoms with Crippen LogP contribution in [0, 0.1) is 0 Å². The quantitative estimate of drug-likeness (QED) is 0.839. The molecule has 2 aromatic carbocycles. The van der Waals surface area contributed by atoms with Gasteiger partial charge in [0.2, 0.25) is 0 Å². The van der Waals surface area contributed by atoms with E-state index in [4.69, 9.17) is 14.2 Å². The number of alkyl halides is 3. The predicted molar refractivity (Wildman–Crippen MR) is 89.7 cm³/mol. The number of benzene rings is 2. The molecule has 1 heterocycles. The van der Waals surface area contributed by atoms with Crippen LogP contribution in [-0.2, 0) is 4.79 Å². The summed E-state index contributed by atoms with van der Waals surface area (Å²) < 4.78 is 57.5. The molecule has 1 N–H and O–H groups in total. The number of carboxylic acid groups (broad SMARTS) is 1. The fraction of sp³-hybridized carbons (Fsp3) is 0.211. The van der Waals surface area contributed by atoms with Crippen molar-refractivity contribution < 1.29 is 37.3 Å². The van der Waals surface area contributed by atoms with Crippen LogP contribution in [0.25, 0.3) is 6.08 Å². The molecule has 3 rings (SSSR count). The van der Waals surface area contributed by atoms with Crippen molar-refractivity contribution in [1.82, 2.24) is 0 Å². The smallest absolute Gasteiger partial charge is 0.473 e. The summed E-state index contributed by atoms with van der Waals surface area (Å²) in [6.07, 6.45) is -4.26. The van der Waals surface area contributed by atoms with Crippen LogP contribution in [0.4, 0.5) is 13.2 Å². The van der Waals surface area contributed by atoms with E-state index >= 15 is 0 Å². The number of aliphatic carboxylic acids is 1. The Morgan fingerprint density at radius 2 is 1.74 bits per heavy atom. The van der Waals surface area contributed by atoms with Gasteiger partial charge in [-0.2, -0.15) is 13.2 Å². The minimum atomic E-state index is -5.16. The predicted octanol–water partition coefficient (Wildman–Crippen LogP) is 4.28. The minimum absolute atomic E-state index is 0.134. The molecule has 0 bridgehead atoms. The number of para-hydroxylation sites is 1. The zero-order chi connectivity index (χ0) is 19.7. The van der Waals surface area contributed by atoms with Gasteiger partial charge >= 0.3 is 17.9 Å². The van der Waals surface area contributed by atoms with E-state index in [1.54, 1.807) is 13.0 Å². The highest BCUT2D eigenvalue weighted by Crippen LogP contribution is 2.46. The van der Waals surface area contributed by atoms with Crippen molar-refractivity contribution in [1.29, 1.82) is 0 Å². The normalized spacial score (nSPS) is 18.7. The molecule has 27 heavy (non-hydrogen) atoms. The number of fused-ring (bicyclic) bond motifs is 1. The highest BCUT2D eigenvalue weighted by molar-refractivity contribution is 5.96. The maximum absolute atomic E-state index is 14.0. The molecule has 0 aliphatic carbocycles. The lowest BCUT2D eigenvalue weighted by molar-refractivity contribution is -0.304. The first-order chi connectivity index (χ1) is 12.8. The van der Waals surface area contributed by atoms with E-state index in [-0.39, 0.29) is 17.1 Å². The minimum Gasteiger partial charge on any atom is -0.494 e. The van der Waals surface area contributed by atoms with Crippen LogP contribution in [0.2, 0.25) is 0 Å². The molecule has 0 aromatic heterocycles. The van der Waals surface area contributed by atoms with Crippen molar-refractivity contribution >= 4 is 12.0 Å². The summed E-state index contributed by atoms with van der Waals surface area (Å²) in [5.74, 6) is -5.20. The van der Waals surface area contributed by atoms with Crippen LogP contribution in [0.5, 0.6) is 17.2 Å². The van der Waals surface area contributed by atoms with Crippen LogP contribution in [0.15, 0.2) is 54.1 Å². The van der Waals surface area contributed by atoms with Gasteiger partial charge in [0.25, 0.3) is 0 Å². The Labute approximate surface area is 152 Å². The van der Waals surface area contributed by atoms with Gasteiger partial charge in [0, 0.05) is 5.56 Å². The van der Waals surface area contributed by atoms with E-state index in [9.17, 15) is 23.1 Å². The molecule has 8 heteroatoms. The number of halogens is 3.